The van der Waals surface area contributed by atoms with Crippen LogP contribution in [0.4, 0.5) is 0 Å². The van der Waals surface area contributed by atoms with E-state index in [9.17, 15) is 0 Å². The van der Waals surface area contributed by atoms with E-state index in [1.54, 1.807) is 0 Å². The van der Waals surface area contributed by atoms with Crippen LogP contribution in [0.3, 0.4) is 0 Å². The van der Waals surface area contributed by atoms with Gasteiger partial charge in [0.25, 0.3) is 0 Å². The van der Waals surface area contributed by atoms with E-state index in [0.717, 1.165) is 18.4 Å². The zero-order chi connectivity index (χ0) is 13.0. The Morgan fingerprint density at radius 1 is 1.44 bits per heavy atom. The van der Waals surface area contributed by atoms with Crippen molar-refractivity contribution in [2.75, 3.05) is 26.2 Å². The molecule has 1 N–H and O–H groups in total. The van der Waals surface area contributed by atoms with E-state index >= 15 is 0 Å². The Labute approximate surface area is 115 Å². The molecule has 0 saturated carbocycles. The number of nitrogens with zero attached hydrogens (tertiary/aromatic N) is 1. The first kappa shape index (κ1) is 14.0. The first-order chi connectivity index (χ1) is 8.66. The van der Waals surface area contributed by atoms with Gasteiger partial charge >= 0.3 is 0 Å². The second kappa shape index (κ2) is 6.69. The largest absolute Gasteiger partial charge is 0.316 e. The summed E-state index contributed by atoms with van der Waals surface area (Å²) in [6, 6.07) is 5.02. The molecule has 1 fully saturated rings. The standard InChI is InChI=1S/C15H26N2S/c1-12(2)9-16-10-14-6-7-17(11-14)13(3)15-5-4-8-18-15/h4-5,8,12-14,16H,6-7,9-11H2,1-3H3. The molecule has 0 aliphatic carbocycles. The van der Waals surface area contributed by atoms with E-state index in [4.69, 9.17) is 0 Å². The maximum atomic E-state index is 3.60. The smallest absolute Gasteiger partial charge is 0.0413 e. The maximum absolute atomic E-state index is 3.60. The molecule has 0 spiro atoms. The second-order valence-corrected chi connectivity index (χ2v) is 6.87. The summed E-state index contributed by atoms with van der Waals surface area (Å²) >= 11 is 1.88. The summed E-state index contributed by atoms with van der Waals surface area (Å²) in [7, 11) is 0. The average molecular weight is 266 g/mol. The van der Waals surface area contributed by atoms with E-state index in [1.807, 2.05) is 11.3 Å². The van der Waals surface area contributed by atoms with E-state index < -0.39 is 0 Å². The SMILES string of the molecule is CC(C)CNCC1CCN(C(C)c2cccs2)C1. The third-order valence-electron chi connectivity index (χ3n) is 3.81. The van der Waals surface area contributed by atoms with Gasteiger partial charge < -0.3 is 5.32 Å². The molecule has 0 aromatic carbocycles. The third-order valence-corrected chi connectivity index (χ3v) is 4.85. The normalized spacial score (nSPS) is 22.8. The molecule has 2 rings (SSSR count). The molecule has 3 heteroatoms. The van der Waals surface area contributed by atoms with E-state index in [2.05, 4.69) is 48.5 Å². The first-order valence-electron chi connectivity index (χ1n) is 7.15. The topological polar surface area (TPSA) is 15.3 Å². The molecule has 0 bridgehead atoms. The highest BCUT2D eigenvalue weighted by Crippen LogP contribution is 2.29. The maximum Gasteiger partial charge on any atom is 0.0413 e. The molecule has 2 unspecified atom stereocenters. The number of nitrogens with one attached hydrogen (secondary N) is 1. The van der Waals surface area contributed by atoms with Gasteiger partial charge in [0.2, 0.25) is 0 Å². The van der Waals surface area contributed by atoms with Crippen molar-refractivity contribution in [2.45, 2.75) is 33.2 Å². The fourth-order valence-electron chi connectivity index (χ4n) is 2.67. The lowest BCUT2D eigenvalue weighted by Gasteiger charge is -2.23. The number of thiophene rings is 1. The van der Waals surface area contributed by atoms with Gasteiger partial charge in [-0.3, -0.25) is 4.90 Å². The van der Waals surface area contributed by atoms with Gasteiger partial charge in [0.05, 0.1) is 0 Å². The molecule has 1 saturated heterocycles. The first-order valence-corrected chi connectivity index (χ1v) is 8.03. The van der Waals surface area contributed by atoms with Crippen LogP contribution in [0.25, 0.3) is 0 Å². The molecule has 0 radical (unpaired) electrons. The van der Waals surface area contributed by atoms with Gasteiger partial charge in [0, 0.05) is 17.5 Å². The van der Waals surface area contributed by atoms with Crippen LogP contribution >= 0.6 is 11.3 Å². The highest BCUT2D eigenvalue weighted by molar-refractivity contribution is 7.10. The van der Waals surface area contributed by atoms with Crippen molar-refractivity contribution in [3.05, 3.63) is 22.4 Å². The van der Waals surface area contributed by atoms with Crippen molar-refractivity contribution in [3.63, 3.8) is 0 Å². The number of likely N-dealkylation sites (tertiary alicyclic amines) is 1. The minimum atomic E-state index is 0.597. The average Bonchev–Trinajstić information content (AvgIpc) is 2.99. The highest BCUT2D eigenvalue weighted by Gasteiger charge is 2.26. The Kier molecular flexibility index (Phi) is 5.22. The van der Waals surface area contributed by atoms with Gasteiger partial charge in [0.1, 0.15) is 0 Å². The van der Waals surface area contributed by atoms with Crippen molar-refractivity contribution in [1.82, 2.24) is 10.2 Å². The number of hydrogen-bond donors (Lipinski definition) is 1. The lowest BCUT2D eigenvalue weighted by atomic mass is 10.1. The van der Waals surface area contributed by atoms with Crippen LogP contribution in [-0.2, 0) is 0 Å². The Bertz CT molecular complexity index is 334. The van der Waals surface area contributed by atoms with Gasteiger partial charge in [-0.1, -0.05) is 19.9 Å². The van der Waals surface area contributed by atoms with Crippen molar-refractivity contribution in [3.8, 4) is 0 Å². The van der Waals surface area contributed by atoms with Crippen LogP contribution in [0.15, 0.2) is 17.5 Å². The van der Waals surface area contributed by atoms with E-state index in [1.165, 1.54) is 30.9 Å². The van der Waals surface area contributed by atoms with E-state index in [0.29, 0.717) is 6.04 Å². The van der Waals surface area contributed by atoms with Gasteiger partial charge in [0.15, 0.2) is 0 Å². The van der Waals surface area contributed by atoms with Gasteiger partial charge in [-0.2, -0.15) is 0 Å². The van der Waals surface area contributed by atoms with Crippen LogP contribution in [0.5, 0.6) is 0 Å². The molecular weight excluding hydrogens is 240 g/mol. The summed E-state index contributed by atoms with van der Waals surface area (Å²) in [5, 5.41) is 5.78. The third kappa shape index (κ3) is 3.81. The molecule has 18 heavy (non-hydrogen) atoms. The summed E-state index contributed by atoms with van der Waals surface area (Å²) < 4.78 is 0. The van der Waals surface area contributed by atoms with Crippen molar-refractivity contribution in [1.29, 1.82) is 0 Å². The van der Waals surface area contributed by atoms with Crippen LogP contribution in [0.2, 0.25) is 0 Å². The molecule has 2 atom stereocenters. The fourth-order valence-corrected chi connectivity index (χ4v) is 3.48. The Hall–Kier alpha value is -0.380. The van der Waals surface area contributed by atoms with E-state index in [-0.39, 0.29) is 0 Å². The molecule has 1 aromatic heterocycles. The zero-order valence-corrected chi connectivity index (χ0v) is 12.7. The van der Waals surface area contributed by atoms with Crippen molar-refractivity contribution < 1.29 is 0 Å². The minimum absolute atomic E-state index is 0.597. The minimum Gasteiger partial charge on any atom is -0.316 e. The summed E-state index contributed by atoms with van der Waals surface area (Å²) in [5.74, 6) is 1.60. The number of rotatable bonds is 6. The van der Waals surface area contributed by atoms with Crippen LogP contribution < -0.4 is 5.32 Å². The highest BCUT2D eigenvalue weighted by atomic mass is 32.1. The van der Waals surface area contributed by atoms with Gasteiger partial charge in [-0.05, 0) is 56.3 Å². The quantitative estimate of drug-likeness (QED) is 0.849. The Balaban J connectivity index is 1.74. The molecule has 1 aromatic rings. The number of hydrogen-bond acceptors (Lipinski definition) is 3. The molecule has 102 valence electrons. The molecule has 2 heterocycles. The predicted molar refractivity (Wildman–Crippen MR) is 80.1 cm³/mol. The lowest BCUT2D eigenvalue weighted by Crippen LogP contribution is -2.29. The van der Waals surface area contributed by atoms with Crippen LogP contribution in [0.1, 0.15) is 38.1 Å². The van der Waals surface area contributed by atoms with Gasteiger partial charge in [-0.15, -0.1) is 11.3 Å². The summed E-state index contributed by atoms with van der Waals surface area (Å²) in [4.78, 5) is 4.14. The lowest BCUT2D eigenvalue weighted by molar-refractivity contribution is 0.254. The summed E-state index contributed by atoms with van der Waals surface area (Å²) in [6.07, 6.45) is 1.35. The van der Waals surface area contributed by atoms with Gasteiger partial charge in [-0.25, -0.2) is 0 Å². The molecule has 1 aliphatic heterocycles. The fraction of sp³-hybridized carbons (Fsp3) is 0.733. The van der Waals surface area contributed by atoms with Crippen LogP contribution in [0, 0.1) is 11.8 Å². The molecule has 2 nitrogen and oxygen atoms in total. The predicted octanol–water partition coefficient (Wildman–Crippen LogP) is 3.38. The Morgan fingerprint density at radius 3 is 2.94 bits per heavy atom. The van der Waals surface area contributed by atoms with Crippen molar-refractivity contribution >= 4 is 11.3 Å². The summed E-state index contributed by atoms with van der Waals surface area (Å²) in [6.45, 7) is 11.7. The molecule has 1 aliphatic rings. The Morgan fingerprint density at radius 2 is 2.28 bits per heavy atom. The molecular formula is C15H26N2S. The van der Waals surface area contributed by atoms with Crippen molar-refractivity contribution in [2.24, 2.45) is 11.8 Å². The second-order valence-electron chi connectivity index (χ2n) is 5.89. The monoisotopic (exact) mass is 266 g/mol. The summed E-state index contributed by atoms with van der Waals surface area (Å²) in [5.41, 5.74) is 0. The van der Waals surface area contributed by atoms with Crippen LogP contribution in [-0.4, -0.2) is 31.1 Å². The zero-order valence-electron chi connectivity index (χ0n) is 11.9. The molecule has 0 amide bonds.